The monoisotopic (exact) mass is 491 g/mol. The van der Waals surface area contributed by atoms with E-state index in [1.165, 1.54) is 0 Å². The predicted molar refractivity (Wildman–Crippen MR) is 101 cm³/mol. The van der Waals surface area contributed by atoms with E-state index in [0.29, 0.717) is 19.2 Å². The summed E-state index contributed by atoms with van der Waals surface area (Å²) in [5.74, 6) is -2.59. The Morgan fingerprint density at radius 1 is 1.27 bits per heavy atom. The molecule has 0 atom stereocenters. The molecule has 2 aromatic rings. The molecule has 0 bridgehead atoms. The third-order valence-corrected chi connectivity index (χ3v) is 6.24. The summed E-state index contributed by atoms with van der Waals surface area (Å²) >= 11 is 11.1. The lowest BCUT2D eigenvalue weighted by Crippen LogP contribution is -2.37. The first-order valence-electron chi connectivity index (χ1n) is 7.63. The summed E-state index contributed by atoms with van der Waals surface area (Å²) in [7, 11) is -3.84. The number of benzene rings is 1. The fourth-order valence-corrected chi connectivity index (χ4v) is 4.17. The molecule has 15 heteroatoms. The first kappa shape index (κ1) is 23.9. The number of anilines is 1. The topological polar surface area (TPSA) is 109 Å². The number of halogens is 6. The maximum atomic E-state index is 14.6. The second-order valence-corrected chi connectivity index (χ2v) is 8.64. The standard InChI is InChI=1S/C15H11Cl2F4N3O5S/c1-6(25)24(30(28,29)5-16)10-3-7(9(18)4-8(10)17)11-12(15(19,20)21)23(2)14(27)22-13(11)26/h3-4H,5H2,1-2H3,(H,22,26,27). The summed E-state index contributed by atoms with van der Waals surface area (Å²) in [6.07, 6.45) is -5.27. The molecule has 0 fully saturated rings. The van der Waals surface area contributed by atoms with E-state index in [1.807, 2.05) is 0 Å². The summed E-state index contributed by atoms with van der Waals surface area (Å²) in [6, 6.07) is 0.907. The maximum absolute atomic E-state index is 14.6. The van der Waals surface area contributed by atoms with Crippen molar-refractivity contribution in [1.82, 2.24) is 9.55 Å². The average Bonchev–Trinajstić information content (AvgIpc) is 2.59. The summed E-state index contributed by atoms with van der Waals surface area (Å²) in [4.78, 5) is 37.3. The van der Waals surface area contributed by atoms with Crippen LogP contribution in [0.3, 0.4) is 0 Å². The molecule has 8 nitrogen and oxygen atoms in total. The number of carbonyl (C=O) groups is 1. The molecule has 1 heterocycles. The highest BCUT2D eigenvalue weighted by Crippen LogP contribution is 2.39. The number of nitrogens with one attached hydrogen (secondary N) is 1. The van der Waals surface area contributed by atoms with E-state index in [-0.39, 0.29) is 8.87 Å². The molecule has 1 aromatic carbocycles. The van der Waals surface area contributed by atoms with Gasteiger partial charge in [0.1, 0.15) is 16.7 Å². The van der Waals surface area contributed by atoms with Gasteiger partial charge in [-0.05, 0) is 12.1 Å². The zero-order valence-electron chi connectivity index (χ0n) is 15.0. The Bertz CT molecular complexity index is 1250. The van der Waals surface area contributed by atoms with Crippen molar-refractivity contribution in [2.45, 2.75) is 13.1 Å². The molecule has 0 saturated heterocycles. The lowest BCUT2D eigenvalue weighted by molar-refractivity contribution is -0.143. The van der Waals surface area contributed by atoms with E-state index in [9.17, 15) is 40.4 Å². The van der Waals surface area contributed by atoms with E-state index in [0.717, 1.165) is 6.92 Å². The largest absolute Gasteiger partial charge is 0.432 e. The van der Waals surface area contributed by atoms with Crippen LogP contribution in [0.25, 0.3) is 11.1 Å². The Morgan fingerprint density at radius 2 is 1.83 bits per heavy atom. The lowest BCUT2D eigenvalue weighted by atomic mass is 10.0. The van der Waals surface area contributed by atoms with Gasteiger partial charge in [-0.1, -0.05) is 11.6 Å². The highest BCUT2D eigenvalue weighted by molar-refractivity contribution is 7.94. The molecule has 0 spiro atoms. The van der Waals surface area contributed by atoms with E-state index in [4.69, 9.17) is 23.2 Å². The molecule has 30 heavy (non-hydrogen) atoms. The number of aromatic nitrogens is 2. The van der Waals surface area contributed by atoms with Crippen molar-refractivity contribution in [3.05, 3.63) is 49.5 Å². The molecule has 0 aliphatic rings. The number of alkyl halides is 4. The smallest absolute Gasteiger partial charge is 0.292 e. The molecule has 0 saturated carbocycles. The second kappa shape index (κ2) is 8.04. The minimum Gasteiger partial charge on any atom is -0.292 e. The zero-order chi connectivity index (χ0) is 23.2. The molecular formula is C15H11Cl2F4N3O5S. The van der Waals surface area contributed by atoms with Gasteiger partial charge in [0, 0.05) is 19.5 Å². The number of amides is 1. The van der Waals surface area contributed by atoms with Gasteiger partial charge in [-0.2, -0.15) is 13.2 Å². The lowest BCUT2D eigenvalue weighted by Gasteiger charge is -2.22. The van der Waals surface area contributed by atoms with Gasteiger partial charge in [0.05, 0.1) is 16.3 Å². The number of rotatable bonds is 4. The molecular weight excluding hydrogens is 481 g/mol. The van der Waals surface area contributed by atoms with Crippen molar-refractivity contribution in [3.63, 3.8) is 0 Å². The van der Waals surface area contributed by atoms with Crippen molar-refractivity contribution < 1.29 is 30.8 Å². The Hall–Kier alpha value is -2.38. The molecule has 1 amide bonds. The van der Waals surface area contributed by atoms with Crippen molar-refractivity contribution in [2.75, 3.05) is 9.52 Å². The van der Waals surface area contributed by atoms with Crippen molar-refractivity contribution in [1.29, 1.82) is 0 Å². The van der Waals surface area contributed by atoms with Crippen LogP contribution in [0.1, 0.15) is 12.6 Å². The van der Waals surface area contributed by atoms with Gasteiger partial charge in [-0.3, -0.25) is 19.1 Å². The third kappa shape index (κ3) is 4.23. The Kier molecular flexibility index (Phi) is 6.40. The number of sulfonamides is 1. The van der Waals surface area contributed by atoms with Gasteiger partial charge in [0.2, 0.25) is 5.91 Å². The van der Waals surface area contributed by atoms with E-state index in [1.54, 1.807) is 4.98 Å². The van der Waals surface area contributed by atoms with Gasteiger partial charge >= 0.3 is 11.9 Å². The van der Waals surface area contributed by atoms with Crippen LogP contribution >= 0.6 is 23.2 Å². The summed E-state index contributed by atoms with van der Waals surface area (Å²) < 4.78 is 79.6. The molecule has 0 radical (unpaired) electrons. The van der Waals surface area contributed by atoms with Crippen molar-refractivity contribution in [2.24, 2.45) is 7.05 Å². The van der Waals surface area contributed by atoms with Crippen molar-refractivity contribution >= 4 is 44.8 Å². The molecule has 0 aliphatic carbocycles. The highest BCUT2D eigenvalue weighted by atomic mass is 35.5. The van der Waals surface area contributed by atoms with E-state index >= 15 is 0 Å². The second-order valence-electron chi connectivity index (χ2n) is 5.83. The van der Waals surface area contributed by atoms with Crippen LogP contribution in [-0.2, 0) is 28.0 Å². The SMILES string of the molecule is CC(=O)N(c1cc(-c2c(C(F)(F)F)n(C)c(=O)[nH]c2=O)c(F)cc1Cl)S(=O)(=O)CCl. The molecule has 1 N–H and O–H groups in total. The van der Waals surface area contributed by atoms with Gasteiger partial charge in [0.15, 0.2) is 0 Å². The Morgan fingerprint density at radius 3 is 2.30 bits per heavy atom. The normalized spacial score (nSPS) is 12.1. The summed E-state index contributed by atoms with van der Waals surface area (Å²) in [6.45, 7) is 0.795. The zero-order valence-corrected chi connectivity index (χ0v) is 17.3. The van der Waals surface area contributed by atoms with Crippen LogP contribution in [0.2, 0.25) is 5.02 Å². The average molecular weight is 492 g/mol. The Balaban J connectivity index is 3.03. The fraction of sp³-hybridized carbons (Fsp3) is 0.267. The number of H-pyrrole nitrogens is 1. The van der Waals surface area contributed by atoms with E-state index in [2.05, 4.69) is 0 Å². The number of carbonyl (C=O) groups excluding carboxylic acids is 1. The number of hydrogen-bond donors (Lipinski definition) is 1. The van der Waals surface area contributed by atoms with Gasteiger partial charge in [0.25, 0.3) is 15.6 Å². The fourth-order valence-electron chi connectivity index (χ4n) is 2.65. The van der Waals surface area contributed by atoms with Crippen LogP contribution in [0, 0.1) is 5.82 Å². The van der Waals surface area contributed by atoms with Crippen LogP contribution in [0.4, 0.5) is 23.2 Å². The van der Waals surface area contributed by atoms with Gasteiger partial charge in [-0.15, -0.1) is 11.6 Å². The molecule has 1 aromatic heterocycles. The van der Waals surface area contributed by atoms with Gasteiger partial charge < -0.3 is 0 Å². The van der Waals surface area contributed by atoms with Crippen LogP contribution in [0.5, 0.6) is 0 Å². The number of aromatic amines is 1. The predicted octanol–water partition coefficient (Wildman–Crippen LogP) is 2.43. The quantitative estimate of drug-likeness (QED) is 0.521. The Labute approximate surface area is 175 Å². The maximum Gasteiger partial charge on any atom is 0.432 e. The first-order chi connectivity index (χ1) is 13.6. The first-order valence-corrected chi connectivity index (χ1v) is 10.1. The highest BCUT2D eigenvalue weighted by Gasteiger charge is 2.40. The van der Waals surface area contributed by atoms with Crippen LogP contribution in [0.15, 0.2) is 21.7 Å². The van der Waals surface area contributed by atoms with Crippen molar-refractivity contribution in [3.8, 4) is 11.1 Å². The molecule has 2 rings (SSSR count). The van der Waals surface area contributed by atoms with Gasteiger partial charge in [-0.25, -0.2) is 21.9 Å². The molecule has 0 aliphatic heterocycles. The number of nitrogens with zero attached hydrogens (tertiary/aromatic N) is 2. The summed E-state index contributed by atoms with van der Waals surface area (Å²) in [5, 5.41) is -1.76. The minimum absolute atomic E-state index is 0.0443. The van der Waals surface area contributed by atoms with Crippen LogP contribution < -0.4 is 15.6 Å². The number of hydrogen-bond acceptors (Lipinski definition) is 5. The van der Waals surface area contributed by atoms with Crippen LogP contribution in [-0.4, -0.2) is 29.1 Å². The van der Waals surface area contributed by atoms with E-state index < -0.39 is 71.9 Å². The molecule has 0 unspecified atom stereocenters. The third-order valence-electron chi connectivity index (χ3n) is 3.82. The minimum atomic E-state index is -5.27. The molecule has 164 valence electrons. The summed E-state index contributed by atoms with van der Waals surface area (Å²) in [5.41, 5.74) is -7.89.